The summed E-state index contributed by atoms with van der Waals surface area (Å²) in [4.78, 5) is 4.68. The molecule has 0 bridgehead atoms. The number of halogens is 1. The van der Waals surface area contributed by atoms with Gasteiger partial charge in [0.2, 0.25) is 0 Å². The van der Waals surface area contributed by atoms with Crippen LogP contribution in [0.2, 0.25) is 0 Å². The first-order valence-corrected chi connectivity index (χ1v) is 7.28. The minimum Gasteiger partial charge on any atom is -0.324 e. The molecule has 0 N–H and O–H groups in total. The van der Waals surface area contributed by atoms with Gasteiger partial charge >= 0.3 is 0 Å². The molecule has 2 atom stereocenters. The zero-order valence-electron chi connectivity index (χ0n) is 10.9. The van der Waals surface area contributed by atoms with Gasteiger partial charge in [0.05, 0.1) is 22.7 Å². The van der Waals surface area contributed by atoms with E-state index in [1.165, 1.54) is 12.8 Å². The van der Waals surface area contributed by atoms with Crippen LogP contribution in [0.4, 0.5) is 0 Å². The standard InChI is InChI=1S/C15H16ClN3/c1-2-11-8-13(11)19-14-7-10(9-17)3-4-12(14)18-15(19)5-6-16/h3-4,7,11,13H,2,5-6,8H2,1H3. The van der Waals surface area contributed by atoms with Gasteiger partial charge in [0.15, 0.2) is 0 Å². The van der Waals surface area contributed by atoms with Gasteiger partial charge in [0.1, 0.15) is 5.82 Å². The van der Waals surface area contributed by atoms with Crippen molar-refractivity contribution in [3.05, 3.63) is 29.6 Å². The van der Waals surface area contributed by atoms with Gasteiger partial charge in [0, 0.05) is 18.3 Å². The van der Waals surface area contributed by atoms with E-state index in [1.807, 2.05) is 18.2 Å². The molecule has 98 valence electrons. The second kappa shape index (κ2) is 4.86. The quantitative estimate of drug-likeness (QED) is 0.798. The Hall–Kier alpha value is -1.53. The zero-order valence-corrected chi connectivity index (χ0v) is 11.7. The number of benzene rings is 1. The number of nitrogens with zero attached hydrogens (tertiary/aromatic N) is 3. The largest absolute Gasteiger partial charge is 0.324 e. The Balaban J connectivity index is 2.14. The molecule has 2 unspecified atom stereocenters. The zero-order chi connectivity index (χ0) is 13.4. The maximum Gasteiger partial charge on any atom is 0.111 e. The van der Waals surface area contributed by atoms with Crippen LogP contribution in [0.5, 0.6) is 0 Å². The topological polar surface area (TPSA) is 41.6 Å². The molecule has 0 radical (unpaired) electrons. The molecule has 0 amide bonds. The second-order valence-electron chi connectivity index (χ2n) is 5.12. The van der Waals surface area contributed by atoms with Crippen LogP contribution in [0.15, 0.2) is 18.2 Å². The van der Waals surface area contributed by atoms with Crippen molar-refractivity contribution in [3.8, 4) is 6.07 Å². The van der Waals surface area contributed by atoms with Crippen LogP contribution in [-0.2, 0) is 6.42 Å². The molecule has 1 aromatic heterocycles. The fraction of sp³-hybridized carbons (Fsp3) is 0.467. The van der Waals surface area contributed by atoms with Gasteiger partial charge in [-0.15, -0.1) is 11.6 Å². The Morgan fingerprint density at radius 2 is 2.37 bits per heavy atom. The lowest BCUT2D eigenvalue weighted by Crippen LogP contribution is -2.04. The lowest BCUT2D eigenvalue weighted by molar-refractivity contribution is 0.628. The molecule has 3 rings (SSSR count). The van der Waals surface area contributed by atoms with Crippen molar-refractivity contribution in [1.29, 1.82) is 5.26 Å². The van der Waals surface area contributed by atoms with Gasteiger partial charge in [-0.3, -0.25) is 0 Å². The SMILES string of the molecule is CCC1CC1n1c(CCCl)nc2ccc(C#N)cc21. The minimum atomic E-state index is 0.544. The van der Waals surface area contributed by atoms with Crippen molar-refractivity contribution in [1.82, 2.24) is 9.55 Å². The average Bonchev–Trinajstić information content (AvgIpc) is 3.12. The number of alkyl halides is 1. The fourth-order valence-electron chi connectivity index (χ4n) is 2.83. The van der Waals surface area contributed by atoms with E-state index in [9.17, 15) is 0 Å². The van der Waals surface area contributed by atoms with Gasteiger partial charge in [-0.05, 0) is 30.5 Å². The lowest BCUT2D eigenvalue weighted by Gasteiger charge is -2.07. The number of fused-ring (bicyclic) bond motifs is 1. The summed E-state index contributed by atoms with van der Waals surface area (Å²) < 4.78 is 2.31. The highest BCUT2D eigenvalue weighted by atomic mass is 35.5. The maximum atomic E-state index is 9.05. The Bertz CT molecular complexity index is 653. The summed E-state index contributed by atoms with van der Waals surface area (Å²) in [7, 11) is 0. The summed E-state index contributed by atoms with van der Waals surface area (Å²) in [6.07, 6.45) is 3.20. The van der Waals surface area contributed by atoms with E-state index in [-0.39, 0.29) is 0 Å². The van der Waals surface area contributed by atoms with Gasteiger partial charge in [-0.25, -0.2) is 4.98 Å². The molecule has 1 aliphatic carbocycles. The molecule has 2 aromatic rings. The number of aryl methyl sites for hydroxylation is 1. The van der Waals surface area contributed by atoms with Gasteiger partial charge < -0.3 is 4.57 Å². The average molecular weight is 274 g/mol. The Kier molecular flexibility index (Phi) is 3.20. The Labute approximate surface area is 117 Å². The highest BCUT2D eigenvalue weighted by molar-refractivity contribution is 6.17. The lowest BCUT2D eigenvalue weighted by atomic mass is 10.2. The predicted molar refractivity (Wildman–Crippen MR) is 76.3 cm³/mol. The molecule has 1 aliphatic rings. The minimum absolute atomic E-state index is 0.544. The van der Waals surface area contributed by atoms with E-state index in [2.05, 4.69) is 22.5 Å². The molecular formula is C15H16ClN3. The number of aromatic nitrogens is 2. The van der Waals surface area contributed by atoms with Crippen molar-refractivity contribution in [2.45, 2.75) is 32.2 Å². The Morgan fingerprint density at radius 1 is 1.53 bits per heavy atom. The van der Waals surface area contributed by atoms with Crippen molar-refractivity contribution in [3.63, 3.8) is 0 Å². The van der Waals surface area contributed by atoms with Crippen LogP contribution >= 0.6 is 11.6 Å². The molecule has 0 saturated heterocycles. The number of rotatable bonds is 4. The van der Waals surface area contributed by atoms with E-state index in [0.29, 0.717) is 17.5 Å². The van der Waals surface area contributed by atoms with Crippen molar-refractivity contribution >= 4 is 22.6 Å². The number of hydrogen-bond donors (Lipinski definition) is 0. The predicted octanol–water partition coefficient (Wildman–Crippen LogP) is 3.66. The van der Waals surface area contributed by atoms with E-state index >= 15 is 0 Å². The maximum absolute atomic E-state index is 9.05. The van der Waals surface area contributed by atoms with E-state index in [1.54, 1.807) is 0 Å². The Morgan fingerprint density at radius 3 is 3.00 bits per heavy atom. The van der Waals surface area contributed by atoms with Crippen LogP contribution in [0.3, 0.4) is 0 Å². The third kappa shape index (κ3) is 2.11. The number of nitriles is 1. The monoisotopic (exact) mass is 273 g/mol. The molecule has 3 nitrogen and oxygen atoms in total. The van der Waals surface area contributed by atoms with E-state index < -0.39 is 0 Å². The van der Waals surface area contributed by atoms with Crippen LogP contribution in [-0.4, -0.2) is 15.4 Å². The summed E-state index contributed by atoms with van der Waals surface area (Å²) in [6.45, 7) is 2.23. The van der Waals surface area contributed by atoms with Crippen LogP contribution in [0.1, 0.15) is 37.2 Å². The molecule has 0 aliphatic heterocycles. The summed E-state index contributed by atoms with van der Waals surface area (Å²) >= 11 is 5.88. The van der Waals surface area contributed by atoms with Crippen molar-refractivity contribution < 1.29 is 0 Å². The van der Waals surface area contributed by atoms with Crippen LogP contribution < -0.4 is 0 Å². The second-order valence-corrected chi connectivity index (χ2v) is 5.50. The van der Waals surface area contributed by atoms with Gasteiger partial charge in [-0.2, -0.15) is 5.26 Å². The molecule has 19 heavy (non-hydrogen) atoms. The summed E-state index contributed by atoms with van der Waals surface area (Å²) in [5.41, 5.74) is 2.75. The molecule has 1 aromatic carbocycles. The molecule has 1 saturated carbocycles. The number of imidazole rings is 1. The van der Waals surface area contributed by atoms with Crippen molar-refractivity contribution in [2.24, 2.45) is 5.92 Å². The highest BCUT2D eigenvalue weighted by Gasteiger charge is 2.39. The van der Waals surface area contributed by atoms with E-state index in [0.717, 1.165) is 29.2 Å². The van der Waals surface area contributed by atoms with Gasteiger partial charge in [-0.1, -0.05) is 13.3 Å². The molecule has 0 spiro atoms. The highest BCUT2D eigenvalue weighted by Crippen LogP contribution is 2.47. The molecule has 1 heterocycles. The van der Waals surface area contributed by atoms with Crippen molar-refractivity contribution in [2.75, 3.05) is 5.88 Å². The first kappa shape index (κ1) is 12.5. The van der Waals surface area contributed by atoms with E-state index in [4.69, 9.17) is 16.9 Å². The summed E-state index contributed by atoms with van der Waals surface area (Å²) in [6, 6.07) is 8.46. The molecular weight excluding hydrogens is 258 g/mol. The summed E-state index contributed by atoms with van der Waals surface area (Å²) in [5, 5.41) is 9.05. The normalized spacial score (nSPS) is 21.5. The van der Waals surface area contributed by atoms with Gasteiger partial charge in [0.25, 0.3) is 0 Å². The summed E-state index contributed by atoms with van der Waals surface area (Å²) in [5.74, 6) is 2.39. The third-order valence-electron chi connectivity index (χ3n) is 3.95. The molecule has 1 fully saturated rings. The first-order chi connectivity index (χ1) is 9.28. The number of hydrogen-bond acceptors (Lipinski definition) is 2. The third-order valence-corrected chi connectivity index (χ3v) is 4.14. The first-order valence-electron chi connectivity index (χ1n) is 6.75. The van der Waals surface area contributed by atoms with Crippen LogP contribution in [0.25, 0.3) is 11.0 Å². The smallest absolute Gasteiger partial charge is 0.111 e. The van der Waals surface area contributed by atoms with Crippen LogP contribution in [0, 0.1) is 17.2 Å². The fourth-order valence-corrected chi connectivity index (χ4v) is 3.00. The molecule has 4 heteroatoms.